The first kappa shape index (κ1) is 24.1. The van der Waals surface area contributed by atoms with Gasteiger partial charge in [0.25, 0.3) is 0 Å². The van der Waals surface area contributed by atoms with Gasteiger partial charge in [0.2, 0.25) is 0 Å². The second-order valence-electron chi connectivity index (χ2n) is 6.01. The van der Waals surface area contributed by atoms with Crippen LogP contribution in [0, 0.1) is 0 Å². The van der Waals surface area contributed by atoms with E-state index >= 15 is 0 Å². The Labute approximate surface area is 157 Å². The Hall–Kier alpha value is -1.91. The number of carboxylic acid groups (broad SMARTS) is 1. The Morgan fingerprint density at radius 3 is 1.62 bits per heavy atom. The van der Waals surface area contributed by atoms with E-state index in [-0.39, 0.29) is 6.42 Å². The van der Waals surface area contributed by atoms with Crippen LogP contribution in [0.25, 0.3) is 0 Å². The van der Waals surface area contributed by atoms with Crippen molar-refractivity contribution < 1.29 is 20.1 Å². The lowest BCUT2D eigenvalue weighted by atomic mass is 10.1. The van der Waals surface area contributed by atoms with E-state index in [0.717, 1.165) is 25.7 Å². The maximum Gasteiger partial charge on any atom is 0.303 e. The fourth-order valence-corrected chi connectivity index (χ4v) is 2.09. The van der Waals surface area contributed by atoms with Crippen LogP contribution in [0.2, 0.25) is 0 Å². The van der Waals surface area contributed by atoms with Crippen molar-refractivity contribution in [1.29, 1.82) is 0 Å². The number of aliphatic hydroxyl groups is 2. The number of aliphatic carboxylic acids is 1. The van der Waals surface area contributed by atoms with E-state index in [1.165, 1.54) is 0 Å². The van der Waals surface area contributed by atoms with Gasteiger partial charge < -0.3 is 15.3 Å². The molecule has 0 saturated carbocycles. The lowest BCUT2D eigenvalue weighted by molar-refractivity contribution is -0.136. The standard InChI is InChI=1S/C22H34O4/c1-2-3-4-5-11-14-17-20(23)21(24)18-15-12-9-7-6-8-10-13-16-19-22(25)26/h3-4,6-7,10-15,20-21,23-24H,2,5,8-9,16-19H2,1H3,(H,25,26)/b4-3+,7-6+,13-10+,14-11+,15-12+. The quantitative estimate of drug-likeness (QED) is 0.369. The fourth-order valence-electron chi connectivity index (χ4n) is 2.09. The van der Waals surface area contributed by atoms with Crippen molar-refractivity contribution in [3.05, 3.63) is 60.8 Å². The van der Waals surface area contributed by atoms with Gasteiger partial charge in [-0.2, -0.15) is 0 Å². The molecule has 0 rings (SSSR count). The summed E-state index contributed by atoms with van der Waals surface area (Å²) in [4.78, 5) is 10.3. The van der Waals surface area contributed by atoms with Crippen molar-refractivity contribution in [2.45, 2.75) is 70.5 Å². The highest BCUT2D eigenvalue weighted by Crippen LogP contribution is 2.06. The average Bonchev–Trinajstić information content (AvgIpc) is 2.61. The van der Waals surface area contributed by atoms with Gasteiger partial charge in [-0.15, -0.1) is 0 Å². The molecule has 4 nitrogen and oxygen atoms in total. The van der Waals surface area contributed by atoms with Gasteiger partial charge >= 0.3 is 5.97 Å². The van der Waals surface area contributed by atoms with Crippen LogP contribution < -0.4 is 0 Å². The molecule has 0 aromatic rings. The number of allylic oxidation sites excluding steroid dienone is 8. The highest BCUT2D eigenvalue weighted by atomic mass is 16.4. The Morgan fingerprint density at radius 2 is 1.15 bits per heavy atom. The second kappa shape index (κ2) is 17.9. The van der Waals surface area contributed by atoms with Gasteiger partial charge in [-0.05, 0) is 44.9 Å². The van der Waals surface area contributed by atoms with Crippen molar-refractivity contribution >= 4 is 5.97 Å². The molecule has 0 amide bonds. The van der Waals surface area contributed by atoms with Gasteiger partial charge in [0, 0.05) is 6.42 Å². The van der Waals surface area contributed by atoms with Crippen molar-refractivity contribution in [2.75, 3.05) is 0 Å². The molecule has 0 aliphatic heterocycles. The molecular weight excluding hydrogens is 328 g/mol. The summed E-state index contributed by atoms with van der Waals surface area (Å²) in [6.07, 6.45) is 23.4. The molecule has 0 aliphatic carbocycles. The third-order valence-electron chi connectivity index (χ3n) is 3.61. The van der Waals surface area contributed by atoms with E-state index in [4.69, 9.17) is 5.11 Å². The highest BCUT2D eigenvalue weighted by molar-refractivity contribution is 5.66. The molecule has 0 aromatic heterocycles. The first-order valence-electron chi connectivity index (χ1n) is 9.40. The Bertz CT molecular complexity index is 486. The summed E-state index contributed by atoms with van der Waals surface area (Å²) < 4.78 is 0. The number of carboxylic acids is 1. The van der Waals surface area contributed by atoms with Crippen molar-refractivity contribution in [3.8, 4) is 0 Å². The number of aliphatic hydroxyl groups excluding tert-OH is 2. The zero-order valence-electron chi connectivity index (χ0n) is 15.8. The Morgan fingerprint density at radius 1 is 0.731 bits per heavy atom. The smallest absolute Gasteiger partial charge is 0.303 e. The van der Waals surface area contributed by atoms with E-state index < -0.39 is 18.2 Å². The van der Waals surface area contributed by atoms with E-state index in [1.54, 1.807) is 0 Å². The Kier molecular flexibility index (Phi) is 16.6. The van der Waals surface area contributed by atoms with Crippen LogP contribution in [-0.4, -0.2) is 33.5 Å². The van der Waals surface area contributed by atoms with Crippen molar-refractivity contribution in [3.63, 3.8) is 0 Å². The number of rotatable bonds is 15. The predicted molar refractivity (Wildman–Crippen MR) is 108 cm³/mol. The third kappa shape index (κ3) is 16.9. The van der Waals surface area contributed by atoms with Crippen LogP contribution in [0.4, 0.5) is 0 Å². The van der Waals surface area contributed by atoms with Gasteiger partial charge in [-0.1, -0.05) is 67.7 Å². The highest BCUT2D eigenvalue weighted by Gasteiger charge is 2.12. The predicted octanol–water partition coefficient (Wildman–Crippen LogP) is 4.71. The Balaban J connectivity index is 3.77. The third-order valence-corrected chi connectivity index (χ3v) is 3.61. The van der Waals surface area contributed by atoms with Crippen LogP contribution in [-0.2, 0) is 4.79 Å². The topological polar surface area (TPSA) is 77.8 Å². The molecule has 26 heavy (non-hydrogen) atoms. The maximum absolute atomic E-state index is 10.3. The molecule has 0 aliphatic rings. The van der Waals surface area contributed by atoms with Gasteiger partial charge in [-0.3, -0.25) is 4.79 Å². The summed E-state index contributed by atoms with van der Waals surface area (Å²) in [5.74, 6) is -0.775. The average molecular weight is 363 g/mol. The van der Waals surface area contributed by atoms with Crippen LogP contribution >= 0.6 is 0 Å². The molecule has 4 heteroatoms. The second-order valence-corrected chi connectivity index (χ2v) is 6.01. The molecule has 0 bridgehead atoms. The fraction of sp³-hybridized carbons (Fsp3) is 0.500. The minimum absolute atomic E-state index is 0.169. The van der Waals surface area contributed by atoms with Crippen molar-refractivity contribution in [1.82, 2.24) is 0 Å². The van der Waals surface area contributed by atoms with E-state index in [1.807, 2.05) is 48.6 Å². The van der Waals surface area contributed by atoms with Gasteiger partial charge in [0.05, 0.1) is 12.2 Å². The molecule has 2 unspecified atom stereocenters. The van der Waals surface area contributed by atoms with E-state index in [0.29, 0.717) is 19.3 Å². The molecule has 2 atom stereocenters. The van der Waals surface area contributed by atoms with Gasteiger partial charge in [0.1, 0.15) is 0 Å². The first-order chi connectivity index (χ1) is 12.6. The monoisotopic (exact) mass is 362 g/mol. The molecule has 0 aromatic carbocycles. The number of hydrogen-bond donors (Lipinski definition) is 3. The maximum atomic E-state index is 10.3. The molecular formula is C22H34O4. The molecule has 0 spiro atoms. The minimum Gasteiger partial charge on any atom is -0.481 e. The van der Waals surface area contributed by atoms with Crippen LogP contribution in [0.15, 0.2) is 60.8 Å². The van der Waals surface area contributed by atoms with Crippen LogP contribution in [0.3, 0.4) is 0 Å². The summed E-state index contributed by atoms with van der Waals surface area (Å²) in [5, 5.41) is 28.3. The number of hydrogen-bond acceptors (Lipinski definition) is 3. The molecule has 146 valence electrons. The zero-order chi connectivity index (χ0) is 19.5. The van der Waals surface area contributed by atoms with E-state index in [2.05, 4.69) is 19.1 Å². The molecule has 3 N–H and O–H groups in total. The summed E-state index contributed by atoms with van der Waals surface area (Å²) in [6, 6.07) is 0. The zero-order valence-corrected chi connectivity index (χ0v) is 15.8. The van der Waals surface area contributed by atoms with Crippen LogP contribution in [0.5, 0.6) is 0 Å². The molecule has 0 fully saturated rings. The molecule has 0 heterocycles. The number of carbonyl (C=O) groups is 1. The minimum atomic E-state index is -0.775. The van der Waals surface area contributed by atoms with E-state index in [9.17, 15) is 15.0 Å². The van der Waals surface area contributed by atoms with Gasteiger partial charge in [-0.25, -0.2) is 0 Å². The normalized spacial score (nSPS) is 15.2. The van der Waals surface area contributed by atoms with Gasteiger partial charge in [0.15, 0.2) is 0 Å². The SMILES string of the molecule is CC/C=C/C/C=C/CC(O)C(O)C/C=C/C/C=C/C/C=C/CCC(=O)O. The van der Waals surface area contributed by atoms with Crippen molar-refractivity contribution in [2.24, 2.45) is 0 Å². The summed E-state index contributed by atoms with van der Waals surface area (Å²) in [5.41, 5.74) is 0. The summed E-state index contributed by atoms with van der Waals surface area (Å²) >= 11 is 0. The van der Waals surface area contributed by atoms with Crippen LogP contribution in [0.1, 0.15) is 58.3 Å². The molecule has 0 radical (unpaired) electrons. The first-order valence-corrected chi connectivity index (χ1v) is 9.40. The lowest BCUT2D eigenvalue weighted by Gasteiger charge is -2.14. The summed E-state index contributed by atoms with van der Waals surface area (Å²) in [7, 11) is 0. The largest absolute Gasteiger partial charge is 0.481 e. The molecule has 0 saturated heterocycles. The lowest BCUT2D eigenvalue weighted by Crippen LogP contribution is -2.24. The summed E-state index contributed by atoms with van der Waals surface area (Å²) in [6.45, 7) is 2.09.